The van der Waals surface area contributed by atoms with Gasteiger partial charge >= 0.3 is 7.82 Å². The molecule has 0 bridgehead atoms. The summed E-state index contributed by atoms with van der Waals surface area (Å²) < 4.78 is 23.0. The first-order chi connectivity index (χ1) is 11.3. The molecule has 0 aliphatic carbocycles. The summed E-state index contributed by atoms with van der Waals surface area (Å²) in [5.74, 6) is 0. The molecule has 24 heavy (non-hydrogen) atoms. The SMILES string of the molecule is O=[N+]([O-])c1ccc2c(ccn2[C@H]2C[C@H](OP(=O)(O)O)[C@@H](CO)O2)c1. The van der Waals surface area contributed by atoms with Crippen LogP contribution in [0.15, 0.2) is 30.5 Å². The second kappa shape index (κ2) is 6.25. The second-order valence-corrected chi connectivity index (χ2v) is 6.60. The molecule has 1 saturated heterocycles. The molecule has 1 aliphatic heterocycles. The maximum atomic E-state index is 11.0. The zero-order chi connectivity index (χ0) is 17.5. The van der Waals surface area contributed by atoms with Crippen molar-refractivity contribution in [2.75, 3.05) is 6.61 Å². The fraction of sp³-hybridized carbons (Fsp3) is 0.385. The third kappa shape index (κ3) is 3.34. The number of ether oxygens (including phenoxy) is 1. The largest absolute Gasteiger partial charge is 0.469 e. The number of fused-ring (bicyclic) bond motifs is 1. The Kier molecular flexibility index (Phi) is 4.43. The van der Waals surface area contributed by atoms with Gasteiger partial charge in [-0.1, -0.05) is 0 Å². The van der Waals surface area contributed by atoms with Crippen LogP contribution in [0.5, 0.6) is 0 Å². The van der Waals surface area contributed by atoms with Gasteiger partial charge in [0.25, 0.3) is 5.69 Å². The molecule has 0 radical (unpaired) electrons. The third-order valence-electron chi connectivity index (χ3n) is 3.86. The number of aliphatic hydroxyl groups is 1. The Labute approximate surface area is 135 Å². The Hall–Kier alpha value is -1.81. The van der Waals surface area contributed by atoms with Gasteiger partial charge in [-0.25, -0.2) is 4.57 Å². The zero-order valence-corrected chi connectivity index (χ0v) is 13.2. The Morgan fingerprint density at radius 2 is 2.17 bits per heavy atom. The highest BCUT2D eigenvalue weighted by Gasteiger charge is 2.40. The van der Waals surface area contributed by atoms with Crippen molar-refractivity contribution >= 4 is 24.4 Å². The number of aromatic nitrogens is 1. The Balaban J connectivity index is 1.88. The molecule has 3 N–H and O–H groups in total. The number of aliphatic hydroxyl groups excluding tert-OH is 1. The molecule has 0 saturated carbocycles. The summed E-state index contributed by atoms with van der Waals surface area (Å²) in [6.45, 7) is -0.453. The number of hydrogen-bond donors (Lipinski definition) is 3. The lowest BCUT2D eigenvalue weighted by atomic mass is 10.2. The van der Waals surface area contributed by atoms with Crippen LogP contribution in [0.4, 0.5) is 5.69 Å². The molecule has 11 heteroatoms. The molecule has 10 nitrogen and oxygen atoms in total. The van der Waals surface area contributed by atoms with Crippen LogP contribution in [0.1, 0.15) is 12.6 Å². The van der Waals surface area contributed by atoms with E-state index in [0.717, 1.165) is 0 Å². The Bertz CT molecular complexity index is 815. The van der Waals surface area contributed by atoms with Crippen molar-refractivity contribution in [3.63, 3.8) is 0 Å². The van der Waals surface area contributed by atoms with Crippen molar-refractivity contribution in [3.05, 3.63) is 40.6 Å². The molecular weight excluding hydrogens is 343 g/mol. The highest BCUT2D eigenvalue weighted by Crippen LogP contribution is 2.44. The van der Waals surface area contributed by atoms with E-state index in [1.165, 1.54) is 12.1 Å². The lowest BCUT2D eigenvalue weighted by molar-refractivity contribution is -0.384. The van der Waals surface area contributed by atoms with Crippen molar-refractivity contribution in [3.8, 4) is 0 Å². The number of hydrogen-bond acceptors (Lipinski definition) is 6. The smallest absolute Gasteiger partial charge is 0.394 e. The van der Waals surface area contributed by atoms with Gasteiger partial charge in [-0.3, -0.25) is 14.6 Å². The van der Waals surface area contributed by atoms with Crippen LogP contribution < -0.4 is 0 Å². The molecular formula is C13H15N2O8P. The van der Waals surface area contributed by atoms with Crippen LogP contribution in [0.3, 0.4) is 0 Å². The quantitative estimate of drug-likeness (QED) is 0.412. The first kappa shape index (κ1) is 17.0. The van der Waals surface area contributed by atoms with Gasteiger partial charge in [0, 0.05) is 30.1 Å². The Morgan fingerprint density at radius 1 is 1.42 bits per heavy atom. The topological polar surface area (TPSA) is 144 Å². The third-order valence-corrected chi connectivity index (χ3v) is 4.40. The van der Waals surface area contributed by atoms with Crippen LogP contribution >= 0.6 is 7.82 Å². The van der Waals surface area contributed by atoms with Gasteiger partial charge in [-0.05, 0) is 12.1 Å². The molecule has 2 aromatic rings. The van der Waals surface area contributed by atoms with Crippen molar-refractivity contribution in [1.29, 1.82) is 0 Å². The van der Waals surface area contributed by atoms with Gasteiger partial charge in [0.2, 0.25) is 0 Å². The van der Waals surface area contributed by atoms with Gasteiger partial charge in [0.15, 0.2) is 0 Å². The minimum absolute atomic E-state index is 0.0384. The van der Waals surface area contributed by atoms with E-state index in [-0.39, 0.29) is 12.1 Å². The van der Waals surface area contributed by atoms with Gasteiger partial charge in [-0.2, -0.15) is 0 Å². The van der Waals surface area contributed by atoms with Crippen molar-refractivity contribution < 1.29 is 33.6 Å². The van der Waals surface area contributed by atoms with Gasteiger partial charge < -0.3 is 24.2 Å². The van der Waals surface area contributed by atoms with Crippen LogP contribution in [0, 0.1) is 10.1 Å². The number of non-ortho nitro benzene ring substituents is 1. The average molecular weight is 358 g/mol. The minimum Gasteiger partial charge on any atom is -0.394 e. The number of nitro benzene ring substituents is 1. The predicted molar refractivity (Wildman–Crippen MR) is 81.1 cm³/mol. The summed E-state index contributed by atoms with van der Waals surface area (Å²) >= 11 is 0. The van der Waals surface area contributed by atoms with Crippen molar-refractivity contribution in [1.82, 2.24) is 4.57 Å². The van der Waals surface area contributed by atoms with E-state index in [1.807, 2.05) is 0 Å². The second-order valence-electron chi connectivity index (χ2n) is 5.41. The van der Waals surface area contributed by atoms with Crippen molar-refractivity contribution in [2.45, 2.75) is 24.9 Å². The van der Waals surface area contributed by atoms with E-state index in [1.54, 1.807) is 22.9 Å². The lowest BCUT2D eigenvalue weighted by Crippen LogP contribution is -2.26. The number of phosphoric acid groups is 1. The summed E-state index contributed by atoms with van der Waals surface area (Å²) in [5.41, 5.74) is 0.627. The molecule has 1 aromatic heterocycles. The van der Waals surface area contributed by atoms with E-state index in [0.29, 0.717) is 10.9 Å². The first-order valence-corrected chi connectivity index (χ1v) is 8.57. The van der Waals surface area contributed by atoms with E-state index in [4.69, 9.17) is 14.5 Å². The molecule has 0 amide bonds. The summed E-state index contributed by atoms with van der Waals surface area (Å²) in [7, 11) is -4.71. The average Bonchev–Trinajstić information content (AvgIpc) is 3.08. The predicted octanol–water partition coefficient (Wildman–Crippen LogP) is 1.31. The number of nitro groups is 1. The standard InChI is InChI=1S/C13H15N2O8P/c16-7-12-11(23-24(19,20)21)6-13(22-12)14-4-3-8-5-9(15(17)18)1-2-10(8)14/h1-5,11-13,16H,6-7H2,(H2,19,20,21)/t11-,12+,13+/m0/s1. The molecule has 1 aromatic carbocycles. The van der Waals surface area contributed by atoms with Crippen molar-refractivity contribution in [2.24, 2.45) is 0 Å². The molecule has 0 unspecified atom stereocenters. The first-order valence-electron chi connectivity index (χ1n) is 7.04. The monoisotopic (exact) mass is 358 g/mol. The van der Waals surface area contributed by atoms with E-state index in [9.17, 15) is 19.8 Å². The summed E-state index contributed by atoms with van der Waals surface area (Å²) in [5, 5.41) is 20.8. The van der Waals surface area contributed by atoms with E-state index < -0.39 is 37.8 Å². The maximum absolute atomic E-state index is 11.0. The fourth-order valence-electron chi connectivity index (χ4n) is 2.84. The fourth-order valence-corrected chi connectivity index (χ4v) is 3.41. The molecule has 1 aliphatic rings. The molecule has 3 atom stereocenters. The van der Waals surface area contributed by atoms with E-state index >= 15 is 0 Å². The molecule has 3 rings (SSSR count). The highest BCUT2D eigenvalue weighted by atomic mass is 31.2. The number of rotatable bonds is 5. The summed E-state index contributed by atoms with van der Waals surface area (Å²) in [6, 6.07) is 6.04. The van der Waals surface area contributed by atoms with E-state index in [2.05, 4.69) is 4.52 Å². The number of nitrogens with zero attached hydrogens (tertiary/aromatic N) is 2. The van der Waals surface area contributed by atoms with Crippen LogP contribution in [-0.2, 0) is 13.8 Å². The zero-order valence-electron chi connectivity index (χ0n) is 12.3. The number of benzene rings is 1. The van der Waals surface area contributed by atoms with Crippen LogP contribution in [0.2, 0.25) is 0 Å². The Morgan fingerprint density at radius 3 is 2.79 bits per heavy atom. The normalized spacial score (nSPS) is 24.5. The number of phosphoric ester groups is 1. The minimum atomic E-state index is -4.71. The van der Waals surface area contributed by atoms with Gasteiger partial charge in [0.05, 0.1) is 17.0 Å². The molecule has 2 heterocycles. The van der Waals surface area contributed by atoms with Crippen LogP contribution in [-0.4, -0.2) is 43.2 Å². The van der Waals surface area contributed by atoms with Gasteiger partial charge in [0.1, 0.15) is 18.4 Å². The highest BCUT2D eigenvalue weighted by molar-refractivity contribution is 7.46. The van der Waals surface area contributed by atoms with Crippen LogP contribution in [0.25, 0.3) is 10.9 Å². The molecule has 0 spiro atoms. The summed E-state index contributed by atoms with van der Waals surface area (Å²) in [4.78, 5) is 28.2. The lowest BCUT2D eigenvalue weighted by Gasteiger charge is -2.16. The maximum Gasteiger partial charge on any atom is 0.469 e. The van der Waals surface area contributed by atoms with Gasteiger partial charge in [-0.15, -0.1) is 0 Å². The molecule has 1 fully saturated rings. The summed E-state index contributed by atoms with van der Waals surface area (Å²) in [6.07, 6.45) is -0.670. The molecule has 130 valence electrons.